The van der Waals surface area contributed by atoms with E-state index < -0.39 is 0 Å². The maximum Gasteiger partial charge on any atom is 0.255 e. The Bertz CT molecular complexity index is 1180. The van der Waals surface area contributed by atoms with Gasteiger partial charge in [0.1, 0.15) is 12.4 Å². The van der Waals surface area contributed by atoms with Crippen LogP contribution in [0.4, 0.5) is 0 Å². The number of pyridine rings is 1. The number of aromatic nitrogens is 2. The molecule has 0 radical (unpaired) electrons. The monoisotopic (exact) mass is 463 g/mol. The van der Waals surface area contributed by atoms with E-state index in [1.165, 1.54) is 0 Å². The first-order chi connectivity index (χ1) is 15.7. The summed E-state index contributed by atoms with van der Waals surface area (Å²) < 4.78 is 5.89. The van der Waals surface area contributed by atoms with Crippen LogP contribution in [-0.2, 0) is 13.0 Å². The molecule has 0 saturated carbocycles. The topological polar surface area (TPSA) is 64.1 Å². The lowest BCUT2D eigenvalue weighted by molar-refractivity contribution is 0.0948. The zero-order valence-electron chi connectivity index (χ0n) is 17.3. The number of carbonyl (C=O) groups is 1. The second-order valence-corrected chi connectivity index (χ2v) is 8.45. The molecule has 0 spiro atoms. The van der Waals surface area contributed by atoms with Gasteiger partial charge in [-0.3, -0.25) is 9.78 Å². The zero-order chi connectivity index (χ0) is 22.2. The Morgan fingerprint density at radius 1 is 1.03 bits per heavy atom. The largest absolute Gasteiger partial charge is 0.488 e. The van der Waals surface area contributed by atoms with Gasteiger partial charge < -0.3 is 10.1 Å². The number of ether oxygens (including phenoxy) is 1. The summed E-state index contributed by atoms with van der Waals surface area (Å²) in [5.74, 6) is 0.378. The van der Waals surface area contributed by atoms with Crippen molar-refractivity contribution in [3.63, 3.8) is 0 Å². The zero-order valence-corrected chi connectivity index (χ0v) is 18.9. The molecule has 4 rings (SSSR count). The molecule has 162 valence electrons. The Morgan fingerprint density at radius 3 is 2.66 bits per heavy atom. The maximum atomic E-state index is 12.7. The molecule has 0 aliphatic heterocycles. The van der Waals surface area contributed by atoms with Gasteiger partial charge in [-0.15, -0.1) is 11.3 Å². The number of benzene rings is 2. The van der Waals surface area contributed by atoms with E-state index in [-0.39, 0.29) is 5.91 Å². The van der Waals surface area contributed by atoms with Crippen LogP contribution >= 0.6 is 22.9 Å². The smallest absolute Gasteiger partial charge is 0.255 e. The molecule has 2 aromatic carbocycles. The van der Waals surface area contributed by atoms with E-state index >= 15 is 0 Å². The van der Waals surface area contributed by atoms with Crippen LogP contribution in [0.3, 0.4) is 0 Å². The van der Waals surface area contributed by atoms with E-state index in [0.717, 1.165) is 34.7 Å². The van der Waals surface area contributed by atoms with E-state index in [0.29, 0.717) is 29.5 Å². The van der Waals surface area contributed by atoms with Gasteiger partial charge >= 0.3 is 0 Å². The third-order valence-corrected chi connectivity index (χ3v) is 6.13. The molecule has 0 aliphatic carbocycles. The third-order valence-electron chi connectivity index (χ3n) is 4.85. The highest BCUT2D eigenvalue weighted by molar-refractivity contribution is 7.09. The maximum absolute atomic E-state index is 12.7. The Kier molecular flexibility index (Phi) is 7.48. The van der Waals surface area contributed by atoms with Crippen molar-refractivity contribution < 1.29 is 9.53 Å². The second-order valence-electron chi connectivity index (χ2n) is 7.10. The van der Waals surface area contributed by atoms with E-state index in [9.17, 15) is 4.79 Å². The lowest BCUT2D eigenvalue weighted by Gasteiger charge is -2.12. The highest BCUT2D eigenvalue weighted by Crippen LogP contribution is 2.23. The number of nitrogens with one attached hydrogen (secondary N) is 1. The summed E-state index contributed by atoms with van der Waals surface area (Å²) in [6.07, 6.45) is 5.14. The number of hydrogen-bond acceptors (Lipinski definition) is 5. The van der Waals surface area contributed by atoms with Crippen LogP contribution in [0.1, 0.15) is 27.3 Å². The first-order valence-corrected chi connectivity index (χ1v) is 11.5. The van der Waals surface area contributed by atoms with Crippen molar-refractivity contribution >= 4 is 28.8 Å². The van der Waals surface area contributed by atoms with Gasteiger partial charge in [-0.25, -0.2) is 4.98 Å². The normalized spacial score (nSPS) is 10.7. The van der Waals surface area contributed by atoms with Crippen molar-refractivity contribution in [1.82, 2.24) is 15.3 Å². The van der Waals surface area contributed by atoms with E-state index in [1.54, 1.807) is 35.9 Å². The van der Waals surface area contributed by atoms with Crippen LogP contribution in [0.25, 0.3) is 11.3 Å². The molecule has 1 amide bonds. The van der Waals surface area contributed by atoms with Crippen molar-refractivity contribution in [3.8, 4) is 17.0 Å². The van der Waals surface area contributed by atoms with Crippen molar-refractivity contribution in [1.29, 1.82) is 0 Å². The van der Waals surface area contributed by atoms with Crippen LogP contribution in [0, 0.1) is 0 Å². The van der Waals surface area contributed by atoms with Crippen LogP contribution in [0.2, 0.25) is 5.02 Å². The van der Waals surface area contributed by atoms with Crippen LogP contribution in [0.15, 0.2) is 78.4 Å². The van der Waals surface area contributed by atoms with Crippen LogP contribution < -0.4 is 10.1 Å². The summed E-state index contributed by atoms with van der Waals surface area (Å²) in [7, 11) is 0. The molecule has 2 heterocycles. The molecule has 32 heavy (non-hydrogen) atoms. The first-order valence-electron chi connectivity index (χ1n) is 10.3. The number of hydrogen-bond donors (Lipinski definition) is 1. The van der Waals surface area contributed by atoms with Gasteiger partial charge in [-0.1, -0.05) is 41.9 Å². The number of thiazole rings is 1. The van der Waals surface area contributed by atoms with Crippen LogP contribution in [-0.4, -0.2) is 22.4 Å². The highest BCUT2D eigenvalue weighted by atomic mass is 35.5. The molecule has 0 unspecified atom stereocenters. The van der Waals surface area contributed by atoms with Crippen molar-refractivity contribution in [3.05, 3.63) is 99.6 Å². The summed E-state index contributed by atoms with van der Waals surface area (Å²) in [6.45, 7) is 0.857. The minimum atomic E-state index is -0.156. The predicted molar refractivity (Wildman–Crippen MR) is 128 cm³/mol. The third kappa shape index (κ3) is 5.72. The number of carbonyl (C=O) groups excluding carboxylic acids is 1. The molecular formula is C25H22ClN3O2S. The predicted octanol–water partition coefficient (Wildman–Crippen LogP) is 5.80. The van der Waals surface area contributed by atoms with Gasteiger partial charge in [0.2, 0.25) is 0 Å². The molecule has 0 atom stereocenters. The molecule has 4 aromatic rings. The SMILES string of the molecule is O=C(NCCCc1nc(-c2ccncc2)cs1)c1ccccc1OCc1ccccc1Cl. The molecule has 0 aliphatic rings. The summed E-state index contributed by atoms with van der Waals surface area (Å²) >= 11 is 7.83. The Hall–Kier alpha value is -3.22. The standard InChI is InChI=1S/C25H22ClN3O2S/c26-21-8-3-1-6-19(21)16-31-23-9-4-2-7-20(23)25(30)28-13-5-10-24-29-22(17-32-24)18-11-14-27-15-12-18/h1-4,6-9,11-12,14-15,17H,5,10,13,16H2,(H,28,30). The van der Waals surface area contributed by atoms with Gasteiger partial charge in [0.15, 0.2) is 0 Å². The minimum absolute atomic E-state index is 0.156. The van der Waals surface area contributed by atoms with Gasteiger partial charge in [-0.05, 0) is 36.8 Å². The Labute approximate surface area is 196 Å². The lowest BCUT2D eigenvalue weighted by atomic mass is 10.1. The number of halogens is 1. The average Bonchev–Trinajstić information content (AvgIpc) is 3.31. The molecule has 0 saturated heterocycles. The van der Waals surface area contributed by atoms with Crippen molar-refractivity contribution in [2.45, 2.75) is 19.4 Å². The van der Waals surface area contributed by atoms with Crippen LogP contribution in [0.5, 0.6) is 5.75 Å². The number of nitrogens with zero attached hydrogens (tertiary/aromatic N) is 2. The van der Waals surface area contributed by atoms with Gasteiger partial charge in [0.05, 0.1) is 16.3 Å². The number of rotatable bonds is 9. The minimum Gasteiger partial charge on any atom is -0.488 e. The van der Waals surface area contributed by atoms with E-state index in [1.807, 2.05) is 48.5 Å². The van der Waals surface area contributed by atoms with Gasteiger partial charge in [0, 0.05) is 46.9 Å². The molecule has 2 aromatic heterocycles. The molecule has 0 bridgehead atoms. The lowest BCUT2D eigenvalue weighted by Crippen LogP contribution is -2.25. The molecule has 0 fully saturated rings. The Balaban J connectivity index is 1.28. The fourth-order valence-electron chi connectivity index (χ4n) is 3.17. The van der Waals surface area contributed by atoms with Crippen molar-refractivity contribution in [2.24, 2.45) is 0 Å². The average molecular weight is 464 g/mol. The number of aryl methyl sites for hydroxylation is 1. The molecule has 5 nitrogen and oxygen atoms in total. The molecular weight excluding hydrogens is 442 g/mol. The fourth-order valence-corrected chi connectivity index (χ4v) is 4.21. The van der Waals surface area contributed by atoms with Crippen molar-refractivity contribution in [2.75, 3.05) is 6.54 Å². The van der Waals surface area contributed by atoms with E-state index in [2.05, 4.69) is 20.7 Å². The summed E-state index contributed by atoms with van der Waals surface area (Å²) in [5.41, 5.74) is 3.40. The number of para-hydroxylation sites is 1. The molecule has 7 heteroatoms. The summed E-state index contributed by atoms with van der Waals surface area (Å²) in [5, 5.41) is 6.73. The quantitative estimate of drug-likeness (QED) is 0.318. The van der Waals surface area contributed by atoms with Gasteiger partial charge in [0.25, 0.3) is 5.91 Å². The highest BCUT2D eigenvalue weighted by Gasteiger charge is 2.12. The van der Waals surface area contributed by atoms with Gasteiger partial charge in [-0.2, -0.15) is 0 Å². The van der Waals surface area contributed by atoms with E-state index in [4.69, 9.17) is 16.3 Å². The second kappa shape index (κ2) is 10.9. The summed E-state index contributed by atoms with van der Waals surface area (Å²) in [4.78, 5) is 21.4. The molecule has 1 N–H and O–H groups in total. The first kappa shape index (κ1) is 22.0. The number of amides is 1. The summed E-state index contributed by atoms with van der Waals surface area (Å²) in [6, 6.07) is 18.6. The Morgan fingerprint density at radius 2 is 1.81 bits per heavy atom. The fraction of sp³-hybridized carbons (Fsp3) is 0.160.